The number of rotatable bonds is 7. The molecule has 2 N–H and O–H groups in total. The van der Waals surface area contributed by atoms with Crippen molar-refractivity contribution in [3.05, 3.63) is 76.1 Å². The van der Waals surface area contributed by atoms with Crippen LogP contribution in [0.3, 0.4) is 0 Å². The number of benzene rings is 2. The van der Waals surface area contributed by atoms with Gasteiger partial charge in [0.2, 0.25) is 0 Å². The van der Waals surface area contributed by atoms with Gasteiger partial charge in [-0.25, -0.2) is 22.5 Å². The van der Waals surface area contributed by atoms with Crippen molar-refractivity contribution in [3.63, 3.8) is 0 Å². The number of hydrogen-bond acceptors (Lipinski definition) is 4. The van der Waals surface area contributed by atoms with Crippen LogP contribution in [-0.4, -0.2) is 32.2 Å². The van der Waals surface area contributed by atoms with E-state index in [0.29, 0.717) is 39.0 Å². The van der Waals surface area contributed by atoms with Crippen molar-refractivity contribution in [1.29, 1.82) is 0 Å². The SMILES string of the molecule is CSC(C)(C)C#Cc1ccc(-c2ccc(Cl)c3c(N)nn(CC(F)F)c23)c([C@@H](C)Cc2cc(F)cc(F)c2)n1. The van der Waals surface area contributed by atoms with Crippen LogP contribution in [0.25, 0.3) is 22.0 Å². The van der Waals surface area contributed by atoms with Crippen molar-refractivity contribution in [1.82, 2.24) is 14.8 Å². The summed E-state index contributed by atoms with van der Waals surface area (Å²) in [6.07, 6.45) is -0.426. The summed E-state index contributed by atoms with van der Waals surface area (Å²) in [5.41, 5.74) is 9.18. The second-order valence-electron chi connectivity index (χ2n) is 9.75. The van der Waals surface area contributed by atoms with E-state index in [0.717, 1.165) is 10.7 Å². The number of fused-ring (bicyclic) bond motifs is 1. The minimum Gasteiger partial charge on any atom is -0.382 e. The number of thioether (sulfide) groups is 1. The molecule has 204 valence electrons. The molecule has 0 aliphatic heterocycles. The first-order chi connectivity index (χ1) is 18.4. The number of nitrogens with zero attached hydrogens (tertiary/aromatic N) is 3. The summed E-state index contributed by atoms with van der Waals surface area (Å²) in [7, 11) is 0. The molecule has 2 heterocycles. The summed E-state index contributed by atoms with van der Waals surface area (Å²) in [5.74, 6) is 4.69. The molecule has 0 bridgehead atoms. The standard InChI is InChI=1S/C29H27ClF4N4S/c1-16(11-17-12-18(31)14-19(32)13-17)26-21(6-5-20(36-26)9-10-29(2,3)39-4)22-7-8-23(30)25-27(22)38(15-24(33)34)37-28(25)35/h5-8,12-14,16,24H,11,15H2,1-4H3,(H2,35,37)/t16-/m0/s1. The molecule has 0 saturated carbocycles. The zero-order chi connectivity index (χ0) is 28.5. The van der Waals surface area contributed by atoms with Gasteiger partial charge in [-0.15, -0.1) is 11.8 Å². The molecule has 39 heavy (non-hydrogen) atoms. The number of halogens is 5. The number of anilines is 1. The second-order valence-corrected chi connectivity index (χ2v) is 11.6. The van der Waals surface area contributed by atoms with Gasteiger partial charge in [0.1, 0.15) is 23.9 Å². The van der Waals surface area contributed by atoms with Crippen LogP contribution in [0, 0.1) is 23.5 Å². The van der Waals surface area contributed by atoms with E-state index in [9.17, 15) is 17.6 Å². The van der Waals surface area contributed by atoms with Gasteiger partial charge in [-0.3, -0.25) is 4.68 Å². The molecule has 1 atom stereocenters. The van der Waals surface area contributed by atoms with Crippen LogP contribution in [0.5, 0.6) is 0 Å². The maximum atomic E-state index is 13.9. The normalized spacial score (nSPS) is 12.6. The summed E-state index contributed by atoms with van der Waals surface area (Å²) in [6, 6.07) is 10.3. The van der Waals surface area contributed by atoms with Gasteiger partial charge >= 0.3 is 0 Å². The molecule has 0 amide bonds. The molecule has 4 nitrogen and oxygen atoms in total. The Morgan fingerprint density at radius 3 is 2.38 bits per heavy atom. The molecule has 0 aliphatic carbocycles. The zero-order valence-corrected chi connectivity index (χ0v) is 23.4. The van der Waals surface area contributed by atoms with Crippen LogP contribution in [0.1, 0.15) is 43.6 Å². The monoisotopic (exact) mass is 574 g/mol. The Balaban J connectivity index is 1.93. The van der Waals surface area contributed by atoms with Crippen molar-refractivity contribution in [2.75, 3.05) is 12.0 Å². The smallest absolute Gasteiger partial charge is 0.257 e. The van der Waals surface area contributed by atoms with Crippen LogP contribution in [0.4, 0.5) is 23.4 Å². The molecule has 0 unspecified atom stereocenters. The van der Waals surface area contributed by atoms with Gasteiger partial charge in [0.05, 0.1) is 26.4 Å². The van der Waals surface area contributed by atoms with E-state index in [2.05, 4.69) is 16.9 Å². The van der Waals surface area contributed by atoms with Gasteiger partial charge in [-0.1, -0.05) is 30.5 Å². The first-order valence-corrected chi connectivity index (χ1v) is 13.8. The fraction of sp³-hybridized carbons (Fsp3) is 0.310. The lowest BCUT2D eigenvalue weighted by atomic mass is 9.90. The van der Waals surface area contributed by atoms with Gasteiger partial charge in [0.15, 0.2) is 5.82 Å². The Hall–Kier alpha value is -3.22. The third-order valence-electron chi connectivity index (χ3n) is 6.33. The molecule has 4 rings (SSSR count). The van der Waals surface area contributed by atoms with Crippen LogP contribution in [0.15, 0.2) is 42.5 Å². The molecule has 0 spiro atoms. The minimum atomic E-state index is -2.67. The summed E-state index contributed by atoms with van der Waals surface area (Å²) in [5, 5.41) is 4.77. The average molecular weight is 575 g/mol. The molecular weight excluding hydrogens is 548 g/mol. The molecule has 2 aromatic heterocycles. The van der Waals surface area contributed by atoms with E-state index < -0.39 is 24.6 Å². The third kappa shape index (κ3) is 6.51. The highest BCUT2D eigenvalue weighted by molar-refractivity contribution is 8.00. The fourth-order valence-electron chi connectivity index (χ4n) is 4.38. The van der Waals surface area contributed by atoms with E-state index in [-0.39, 0.29) is 27.9 Å². The molecule has 0 fully saturated rings. The average Bonchev–Trinajstić information content (AvgIpc) is 3.18. The zero-order valence-electron chi connectivity index (χ0n) is 21.8. The van der Waals surface area contributed by atoms with E-state index in [4.69, 9.17) is 22.3 Å². The van der Waals surface area contributed by atoms with E-state index >= 15 is 0 Å². The summed E-state index contributed by atoms with van der Waals surface area (Å²) in [4.78, 5) is 4.84. The lowest BCUT2D eigenvalue weighted by Crippen LogP contribution is -2.11. The van der Waals surface area contributed by atoms with E-state index in [1.165, 1.54) is 12.1 Å². The minimum absolute atomic E-state index is 0.0390. The Morgan fingerprint density at radius 2 is 1.74 bits per heavy atom. The highest BCUT2D eigenvalue weighted by Gasteiger charge is 2.23. The van der Waals surface area contributed by atoms with Crippen LogP contribution >= 0.6 is 23.4 Å². The van der Waals surface area contributed by atoms with Gasteiger partial charge in [0, 0.05) is 23.1 Å². The maximum absolute atomic E-state index is 13.9. The fourth-order valence-corrected chi connectivity index (χ4v) is 4.78. The number of nitrogens with two attached hydrogens (primary N) is 1. The second kappa shape index (κ2) is 11.5. The lowest BCUT2D eigenvalue weighted by molar-refractivity contribution is 0.123. The van der Waals surface area contributed by atoms with Crippen molar-refractivity contribution in [3.8, 4) is 23.0 Å². The number of nitrogen functional groups attached to an aromatic ring is 1. The maximum Gasteiger partial charge on any atom is 0.257 e. The molecule has 4 aromatic rings. The highest BCUT2D eigenvalue weighted by Crippen LogP contribution is 2.39. The molecule has 0 saturated heterocycles. The number of aromatic nitrogens is 3. The van der Waals surface area contributed by atoms with Gasteiger partial charge in [-0.05, 0) is 68.3 Å². The predicted molar refractivity (Wildman–Crippen MR) is 151 cm³/mol. The quantitative estimate of drug-likeness (QED) is 0.181. The van der Waals surface area contributed by atoms with Crippen molar-refractivity contribution in [2.45, 2.75) is 50.8 Å². The molecular formula is C29H27ClF4N4S. The highest BCUT2D eigenvalue weighted by atomic mass is 35.5. The van der Waals surface area contributed by atoms with Crippen molar-refractivity contribution in [2.24, 2.45) is 0 Å². The Kier molecular flexibility index (Phi) is 8.48. The number of pyridine rings is 1. The number of alkyl halides is 2. The summed E-state index contributed by atoms with van der Waals surface area (Å²) in [6.45, 7) is 5.21. The van der Waals surface area contributed by atoms with Gasteiger partial charge in [-0.2, -0.15) is 5.10 Å². The predicted octanol–water partition coefficient (Wildman–Crippen LogP) is 7.72. The Bertz CT molecular complexity index is 1570. The van der Waals surface area contributed by atoms with Crippen molar-refractivity contribution >= 4 is 40.1 Å². The van der Waals surface area contributed by atoms with Crippen LogP contribution in [-0.2, 0) is 13.0 Å². The molecule has 0 radical (unpaired) electrons. The molecule has 0 aliphatic rings. The summed E-state index contributed by atoms with van der Waals surface area (Å²) < 4.78 is 55.6. The molecule has 2 aromatic carbocycles. The third-order valence-corrected chi connectivity index (χ3v) is 7.77. The largest absolute Gasteiger partial charge is 0.382 e. The van der Waals surface area contributed by atoms with E-state index in [1.807, 2.05) is 33.1 Å². The van der Waals surface area contributed by atoms with Crippen LogP contribution < -0.4 is 5.73 Å². The first kappa shape index (κ1) is 28.8. The topological polar surface area (TPSA) is 56.7 Å². The van der Waals surface area contributed by atoms with Crippen LogP contribution in [0.2, 0.25) is 5.02 Å². The van der Waals surface area contributed by atoms with Gasteiger partial charge in [0.25, 0.3) is 6.43 Å². The summed E-state index contributed by atoms with van der Waals surface area (Å²) >= 11 is 8.01. The first-order valence-electron chi connectivity index (χ1n) is 12.2. The van der Waals surface area contributed by atoms with Crippen molar-refractivity contribution < 1.29 is 17.6 Å². The number of hydrogen-bond donors (Lipinski definition) is 1. The molecule has 10 heteroatoms. The Labute approximate surface area is 233 Å². The Morgan fingerprint density at radius 1 is 1.08 bits per heavy atom. The van der Waals surface area contributed by atoms with E-state index in [1.54, 1.807) is 30.0 Å². The van der Waals surface area contributed by atoms with Gasteiger partial charge < -0.3 is 5.73 Å². The lowest BCUT2D eigenvalue weighted by Gasteiger charge is -2.18.